The lowest BCUT2D eigenvalue weighted by molar-refractivity contribution is -0.141. The van der Waals surface area contributed by atoms with Gasteiger partial charge in [0.15, 0.2) is 0 Å². The molecule has 21 heteroatoms. The number of primary amides is 2. The molecule has 1 saturated heterocycles. The van der Waals surface area contributed by atoms with E-state index in [0.29, 0.717) is 11.8 Å². The highest BCUT2D eigenvalue weighted by Crippen LogP contribution is 2.25. The Morgan fingerprint density at radius 2 is 1.64 bits per heavy atom. The molecule has 328 valence electrons. The maximum absolute atomic E-state index is 14.5. The number of likely N-dealkylation sites (N-methyl/N-ethyl adjacent to an activating group) is 1. The fraction of sp³-hybridized carbons (Fsp3) is 0.425. The van der Waals surface area contributed by atoms with E-state index in [2.05, 4.69) is 40.7 Å². The van der Waals surface area contributed by atoms with E-state index in [1.165, 1.54) is 19.4 Å². The van der Waals surface area contributed by atoms with Gasteiger partial charge in [0.2, 0.25) is 35.4 Å². The number of rotatable bonds is 23. The van der Waals surface area contributed by atoms with Gasteiger partial charge in [-0.25, -0.2) is 0 Å². The van der Waals surface area contributed by atoms with Gasteiger partial charge in [-0.1, -0.05) is 57.9 Å². The highest BCUT2D eigenvalue weighted by Gasteiger charge is 2.46. The molecule has 1 aromatic heterocycles. The highest BCUT2D eigenvalue weighted by atomic mass is 31.0. The molecule has 0 aliphatic carbocycles. The van der Waals surface area contributed by atoms with Crippen molar-refractivity contribution in [3.63, 3.8) is 0 Å². The van der Waals surface area contributed by atoms with Crippen LogP contribution in [0.5, 0.6) is 0 Å². The van der Waals surface area contributed by atoms with Gasteiger partial charge in [-0.05, 0) is 40.8 Å². The van der Waals surface area contributed by atoms with Crippen LogP contribution in [-0.2, 0) is 60.5 Å². The van der Waals surface area contributed by atoms with E-state index in [1.54, 1.807) is 21.6 Å². The van der Waals surface area contributed by atoms with E-state index in [4.69, 9.17) is 20.7 Å². The lowest BCUT2D eigenvalue weighted by Crippen LogP contribution is -2.69. The Kier molecular flexibility index (Phi) is 18.1. The van der Waals surface area contributed by atoms with Gasteiger partial charge in [-0.2, -0.15) is 0 Å². The number of nitrogens with one attached hydrogen (secondary N) is 5. The van der Waals surface area contributed by atoms with Gasteiger partial charge in [0.1, 0.15) is 23.4 Å². The Morgan fingerprint density at radius 1 is 0.934 bits per heavy atom. The molecule has 0 saturated carbocycles. The molecule has 1 fully saturated rings. The minimum Gasteiger partial charge on any atom is -0.452 e. The average Bonchev–Trinajstić information content (AvgIpc) is 3.25. The van der Waals surface area contributed by atoms with Crippen LogP contribution in [0.25, 0.3) is 10.8 Å². The van der Waals surface area contributed by atoms with E-state index in [9.17, 15) is 38.4 Å². The summed E-state index contributed by atoms with van der Waals surface area (Å²) in [6.07, 6.45) is 2.32. The molecule has 0 bridgehead atoms. The van der Waals surface area contributed by atoms with Crippen molar-refractivity contribution in [2.45, 2.75) is 74.1 Å². The summed E-state index contributed by atoms with van der Waals surface area (Å²) in [7, 11) is 5.47. The van der Waals surface area contributed by atoms with Crippen LogP contribution < -0.4 is 37.8 Å². The van der Waals surface area contributed by atoms with Crippen LogP contribution in [-0.4, -0.2) is 120 Å². The van der Waals surface area contributed by atoms with Crippen LogP contribution in [0.1, 0.15) is 43.2 Å². The van der Waals surface area contributed by atoms with Crippen LogP contribution in [0.15, 0.2) is 67.0 Å². The van der Waals surface area contributed by atoms with Crippen LogP contribution in [0.3, 0.4) is 0 Å². The maximum Gasteiger partial charge on any atom is 0.308 e. The van der Waals surface area contributed by atoms with Crippen molar-refractivity contribution in [2.24, 2.45) is 11.5 Å². The Hall–Kier alpha value is -5.45. The van der Waals surface area contributed by atoms with Crippen molar-refractivity contribution in [3.05, 3.63) is 78.1 Å². The summed E-state index contributed by atoms with van der Waals surface area (Å²) in [4.78, 5) is 110. The number of aromatic nitrogens is 1. The van der Waals surface area contributed by atoms with Gasteiger partial charge >= 0.3 is 5.97 Å². The first-order valence-electron chi connectivity index (χ1n) is 19.4. The zero-order valence-electron chi connectivity index (χ0n) is 33.7. The predicted octanol–water partition coefficient (Wildman–Crippen LogP) is -1.14. The lowest BCUT2D eigenvalue weighted by Gasteiger charge is -2.41. The van der Waals surface area contributed by atoms with E-state index in [-0.39, 0.29) is 51.7 Å². The molecule has 4 rings (SSSR count). The van der Waals surface area contributed by atoms with Crippen molar-refractivity contribution in [3.8, 4) is 0 Å². The Balaban J connectivity index is 1.59. The van der Waals surface area contributed by atoms with E-state index in [0.717, 1.165) is 21.2 Å². The Morgan fingerprint density at radius 3 is 2.26 bits per heavy atom. The number of benzene rings is 2. The molecule has 2 unspecified atom stereocenters. The first kappa shape index (κ1) is 48.2. The summed E-state index contributed by atoms with van der Waals surface area (Å²) >= 11 is 0. The number of amides is 6. The molecule has 61 heavy (non-hydrogen) atoms. The zero-order valence-corrected chi connectivity index (χ0v) is 36.0. The molecule has 6 atom stereocenters. The molecular formula is C40H53N9O10P2. The van der Waals surface area contributed by atoms with Crippen molar-refractivity contribution in [2.75, 3.05) is 33.4 Å². The zero-order chi connectivity index (χ0) is 44.6. The topological polar surface area (TPSA) is 283 Å². The number of ether oxygens (including phenoxy) is 1. The molecule has 0 spiro atoms. The van der Waals surface area contributed by atoms with Gasteiger partial charge < -0.3 is 51.7 Å². The number of carbonyl (C=O) groups excluding carboxylic acids is 8. The molecule has 3 aromatic rings. The Labute approximate surface area is 357 Å². The van der Waals surface area contributed by atoms with Crippen molar-refractivity contribution >= 4 is 77.3 Å². The molecule has 0 radical (unpaired) electrons. The third-order valence-electron chi connectivity index (χ3n) is 10.3. The second-order valence-electron chi connectivity index (χ2n) is 14.9. The Bertz CT molecular complexity index is 2060. The largest absolute Gasteiger partial charge is 0.452 e. The smallest absolute Gasteiger partial charge is 0.308 e. The molecule has 1 aliphatic heterocycles. The summed E-state index contributed by atoms with van der Waals surface area (Å²) in [5, 5.41) is 16.1. The van der Waals surface area contributed by atoms with Crippen molar-refractivity contribution < 1.29 is 47.6 Å². The summed E-state index contributed by atoms with van der Waals surface area (Å²) < 4.78 is 10.3. The van der Waals surface area contributed by atoms with E-state index < -0.39 is 90.1 Å². The van der Waals surface area contributed by atoms with Crippen LogP contribution in [0.2, 0.25) is 0 Å². The minimum absolute atomic E-state index is 0.0311. The van der Waals surface area contributed by atoms with Crippen LogP contribution >= 0.6 is 18.9 Å². The number of carbonyl (C=O) groups is 8. The third kappa shape index (κ3) is 14.0. The standard InChI is InChI=1S/C40H53N9O10P2/c1-49(22-33(42)52)37(56)31(19-26-5-4-14-43-21-26)45-35(54)29(20-32(41)51)44-23-39(24-50,11-10-34(53)59-61)47-38(57)40(12-15-58-16-13-40)46-36(55)30(48-60)18-25-8-9-27-6-2-3-7-28(27)17-25/h2-9,14,17,21,24,29-31,44,48H,10-13,15-16,18-20,22-23,60-61H2,1H3,(H2,41,51)(H2,42,52)(H,45,54)(H,46,55)(H,47,57)/t29-,30-,31-,39+/m0/s1. The second-order valence-corrected chi connectivity index (χ2v) is 15.5. The van der Waals surface area contributed by atoms with Crippen LogP contribution in [0, 0.1) is 0 Å². The van der Waals surface area contributed by atoms with Gasteiger partial charge in [0, 0.05) is 64.9 Å². The van der Waals surface area contributed by atoms with Gasteiger partial charge in [-0.15, -0.1) is 0 Å². The third-order valence-corrected chi connectivity index (χ3v) is 11.0. The first-order chi connectivity index (χ1) is 29.1. The average molecular weight is 882 g/mol. The molecule has 9 N–H and O–H groups in total. The number of fused-ring (bicyclic) bond motifs is 1. The normalized spacial score (nSPS) is 15.8. The fourth-order valence-electron chi connectivity index (χ4n) is 6.90. The maximum atomic E-state index is 14.5. The quantitative estimate of drug-likeness (QED) is 0.0439. The molecule has 1 aliphatic rings. The highest BCUT2D eigenvalue weighted by molar-refractivity contribution is 7.13. The number of hydrogen-bond donors (Lipinski definition) is 7. The summed E-state index contributed by atoms with van der Waals surface area (Å²) in [5.74, 6) is -5.30. The molecule has 19 nitrogen and oxygen atoms in total. The number of aldehydes is 1. The van der Waals surface area contributed by atoms with Gasteiger partial charge in [-0.3, -0.25) is 43.6 Å². The van der Waals surface area contributed by atoms with Crippen molar-refractivity contribution in [1.82, 2.24) is 36.2 Å². The number of pyridine rings is 1. The number of nitrogens with zero attached hydrogens (tertiary/aromatic N) is 2. The minimum atomic E-state index is -1.93. The second kappa shape index (κ2) is 23.0. The van der Waals surface area contributed by atoms with Crippen molar-refractivity contribution in [1.29, 1.82) is 0 Å². The molecule has 2 aromatic carbocycles. The van der Waals surface area contributed by atoms with Gasteiger partial charge in [0.25, 0.3) is 0 Å². The first-order valence-corrected chi connectivity index (χ1v) is 20.4. The molecular weight excluding hydrogens is 828 g/mol. The summed E-state index contributed by atoms with van der Waals surface area (Å²) in [5.41, 5.74) is 8.75. The predicted molar refractivity (Wildman–Crippen MR) is 229 cm³/mol. The lowest BCUT2D eigenvalue weighted by atomic mass is 9.85. The summed E-state index contributed by atoms with van der Waals surface area (Å²) in [6.45, 7) is -0.789. The number of hydrogen-bond acceptors (Lipinski definition) is 13. The fourth-order valence-corrected chi connectivity index (χ4v) is 7.29. The SMILES string of the molecule is CN(CC(N)=O)C(=O)[C@H](Cc1cccnc1)NC(=O)[C@H](CC(N)=O)NC[C@@](C=O)(CCC(=O)OP)NC(=O)C1(NC(=O)[C@H](Cc2ccc3ccccc3c2)NP)CCOCC1. The number of nitrogens with two attached hydrogens (primary N) is 2. The van der Waals surface area contributed by atoms with Gasteiger partial charge in [0.05, 0.1) is 34.5 Å². The summed E-state index contributed by atoms with van der Waals surface area (Å²) in [6, 6.07) is 13.4. The monoisotopic (exact) mass is 881 g/mol. The van der Waals surface area contributed by atoms with Crippen LogP contribution in [0.4, 0.5) is 0 Å². The molecule has 2 heterocycles. The van der Waals surface area contributed by atoms with E-state index in [1.807, 2.05) is 42.5 Å². The molecule has 6 amide bonds. The van der Waals surface area contributed by atoms with E-state index >= 15 is 0 Å².